The number of benzene rings is 1. The predicted molar refractivity (Wildman–Crippen MR) is 137 cm³/mol. The molecule has 0 radical (unpaired) electrons. The molecule has 0 spiro atoms. The molecule has 0 bridgehead atoms. The van der Waals surface area contributed by atoms with Gasteiger partial charge >= 0.3 is 0 Å². The van der Waals surface area contributed by atoms with Crippen molar-refractivity contribution in [3.05, 3.63) is 72.9 Å². The highest BCUT2D eigenvalue weighted by molar-refractivity contribution is 5.82. The molecule has 3 atom stereocenters. The van der Waals surface area contributed by atoms with E-state index in [9.17, 15) is 0 Å². The fourth-order valence-electron chi connectivity index (χ4n) is 4.26. The third-order valence-electron chi connectivity index (χ3n) is 6.64. The molecule has 0 aliphatic heterocycles. The van der Waals surface area contributed by atoms with Crippen molar-refractivity contribution in [3.8, 4) is 22.6 Å². The number of nitrogen functional groups attached to an aromatic ring is 1. The van der Waals surface area contributed by atoms with E-state index in [-0.39, 0.29) is 6.04 Å². The van der Waals surface area contributed by atoms with Gasteiger partial charge in [-0.1, -0.05) is 38.1 Å². The van der Waals surface area contributed by atoms with E-state index < -0.39 is 0 Å². The molecule has 0 amide bonds. The molecule has 0 saturated carbocycles. The second-order valence-corrected chi connectivity index (χ2v) is 8.71. The third-order valence-corrected chi connectivity index (χ3v) is 6.64. The van der Waals surface area contributed by atoms with E-state index in [2.05, 4.69) is 61.2 Å². The lowest BCUT2D eigenvalue weighted by molar-refractivity contribution is 0.324. The van der Waals surface area contributed by atoms with Gasteiger partial charge in [0.15, 0.2) is 5.65 Å². The van der Waals surface area contributed by atoms with Gasteiger partial charge in [0, 0.05) is 17.8 Å². The summed E-state index contributed by atoms with van der Waals surface area (Å²) < 4.78 is 2.21. The maximum atomic E-state index is 6.26. The first-order chi connectivity index (χ1) is 15.9. The van der Waals surface area contributed by atoms with Crippen molar-refractivity contribution >= 4 is 17.0 Å². The van der Waals surface area contributed by atoms with Gasteiger partial charge in [-0.15, -0.1) is 6.58 Å². The van der Waals surface area contributed by atoms with E-state index in [0.29, 0.717) is 24.2 Å². The molecule has 4 rings (SSSR count). The predicted octanol–water partition coefficient (Wildman–Crippen LogP) is 5.26. The summed E-state index contributed by atoms with van der Waals surface area (Å²) in [4.78, 5) is 14.3. The largest absolute Gasteiger partial charge is 0.383 e. The van der Waals surface area contributed by atoms with Crippen LogP contribution in [-0.4, -0.2) is 26.1 Å². The van der Waals surface area contributed by atoms with Gasteiger partial charge in [-0.05, 0) is 67.6 Å². The Hall–Kier alpha value is -3.51. The summed E-state index contributed by atoms with van der Waals surface area (Å²) in [5.74, 6) is 1.88. The Morgan fingerprint density at radius 2 is 1.88 bits per heavy atom. The van der Waals surface area contributed by atoms with E-state index in [1.54, 1.807) is 6.20 Å². The van der Waals surface area contributed by atoms with Crippen molar-refractivity contribution in [3.63, 3.8) is 0 Å². The van der Waals surface area contributed by atoms with Gasteiger partial charge in [0.2, 0.25) is 0 Å². The molecule has 33 heavy (non-hydrogen) atoms. The molecule has 170 valence electrons. The van der Waals surface area contributed by atoms with Gasteiger partial charge in [0.05, 0.1) is 11.3 Å². The molecule has 4 N–H and O–H groups in total. The molecule has 3 aromatic heterocycles. The maximum Gasteiger partial charge on any atom is 0.161 e. The molecule has 0 aliphatic carbocycles. The van der Waals surface area contributed by atoms with Crippen LogP contribution in [0.2, 0.25) is 0 Å². The molecular formula is C27H32N6. The number of nitrogens with two attached hydrogens (primary N) is 2. The zero-order valence-electron chi connectivity index (χ0n) is 19.6. The molecule has 3 heterocycles. The van der Waals surface area contributed by atoms with Gasteiger partial charge < -0.3 is 16.0 Å². The van der Waals surface area contributed by atoms with E-state index in [0.717, 1.165) is 40.2 Å². The molecule has 0 fully saturated rings. The van der Waals surface area contributed by atoms with Crippen LogP contribution in [0.25, 0.3) is 33.8 Å². The summed E-state index contributed by atoms with van der Waals surface area (Å²) in [5, 5.41) is 0. The van der Waals surface area contributed by atoms with Crippen molar-refractivity contribution in [2.45, 2.75) is 33.2 Å². The first-order valence-electron chi connectivity index (χ1n) is 11.5. The molecule has 6 heteroatoms. The number of imidazole rings is 1. The topological polar surface area (TPSA) is 95.6 Å². The Balaban J connectivity index is 1.92. The number of fused-ring (bicyclic) bond motifs is 1. The Morgan fingerprint density at radius 1 is 1.06 bits per heavy atom. The quantitative estimate of drug-likeness (QED) is 0.364. The van der Waals surface area contributed by atoms with Gasteiger partial charge in [0.25, 0.3) is 0 Å². The van der Waals surface area contributed by atoms with Crippen LogP contribution < -0.4 is 11.5 Å². The lowest BCUT2D eigenvalue weighted by Gasteiger charge is -2.27. The highest BCUT2D eigenvalue weighted by Gasteiger charge is 2.26. The Labute approximate surface area is 195 Å². The number of anilines is 1. The fourth-order valence-corrected chi connectivity index (χ4v) is 4.26. The van der Waals surface area contributed by atoms with E-state index >= 15 is 0 Å². The van der Waals surface area contributed by atoms with Crippen LogP contribution in [0.15, 0.2) is 67.4 Å². The number of hydrogen-bond donors (Lipinski definition) is 2. The Bertz CT molecular complexity index is 1270. The fraction of sp³-hybridized carbons (Fsp3) is 0.296. The van der Waals surface area contributed by atoms with Crippen molar-refractivity contribution in [2.24, 2.45) is 17.6 Å². The van der Waals surface area contributed by atoms with Gasteiger partial charge in [-0.2, -0.15) is 0 Å². The number of hydrogen-bond acceptors (Lipinski definition) is 5. The summed E-state index contributed by atoms with van der Waals surface area (Å²) in [6.07, 6.45) is 4.54. The number of rotatable bonds is 8. The average molecular weight is 441 g/mol. The van der Waals surface area contributed by atoms with E-state index in [1.807, 2.05) is 30.3 Å². The lowest BCUT2D eigenvalue weighted by Crippen LogP contribution is -2.20. The Kier molecular flexibility index (Phi) is 6.56. The normalized spacial score (nSPS) is 14.2. The summed E-state index contributed by atoms with van der Waals surface area (Å²) in [6.45, 7) is 11.3. The SMILES string of the molecule is C=CC(C)[C@@H](C)[C@H](C)n1c(-c2cccnc2N)nc2ccc(-c3cccc(CCN)c3)nc21. The molecule has 0 saturated heterocycles. The highest BCUT2D eigenvalue weighted by Crippen LogP contribution is 2.36. The zero-order valence-corrected chi connectivity index (χ0v) is 19.6. The highest BCUT2D eigenvalue weighted by atomic mass is 15.2. The van der Waals surface area contributed by atoms with Gasteiger partial charge in [-0.25, -0.2) is 15.0 Å². The second-order valence-electron chi connectivity index (χ2n) is 8.71. The molecule has 4 aromatic rings. The van der Waals surface area contributed by atoms with Crippen LogP contribution in [0.4, 0.5) is 5.82 Å². The van der Waals surface area contributed by atoms with Gasteiger partial charge in [-0.3, -0.25) is 0 Å². The minimum atomic E-state index is 0.115. The van der Waals surface area contributed by atoms with Crippen LogP contribution >= 0.6 is 0 Å². The van der Waals surface area contributed by atoms with Crippen molar-refractivity contribution in [1.82, 2.24) is 19.5 Å². The number of nitrogens with zero attached hydrogens (tertiary/aromatic N) is 4. The summed E-state index contributed by atoms with van der Waals surface area (Å²) >= 11 is 0. The average Bonchev–Trinajstić information content (AvgIpc) is 3.21. The minimum Gasteiger partial charge on any atom is -0.383 e. The lowest BCUT2D eigenvalue weighted by atomic mass is 9.89. The van der Waals surface area contributed by atoms with Crippen LogP contribution in [0.3, 0.4) is 0 Å². The maximum absolute atomic E-state index is 6.26. The van der Waals surface area contributed by atoms with Gasteiger partial charge in [0.1, 0.15) is 17.2 Å². The summed E-state index contributed by atoms with van der Waals surface area (Å²) in [6, 6.07) is 16.4. The third kappa shape index (κ3) is 4.39. The molecule has 1 unspecified atom stereocenters. The molecule has 1 aromatic carbocycles. The van der Waals surface area contributed by atoms with Crippen LogP contribution in [0, 0.1) is 11.8 Å². The number of pyridine rings is 2. The van der Waals surface area contributed by atoms with Crippen molar-refractivity contribution in [2.75, 3.05) is 12.3 Å². The Morgan fingerprint density at radius 3 is 2.61 bits per heavy atom. The van der Waals surface area contributed by atoms with Crippen molar-refractivity contribution < 1.29 is 0 Å². The zero-order chi connectivity index (χ0) is 23.5. The van der Waals surface area contributed by atoms with Crippen LogP contribution in [0.5, 0.6) is 0 Å². The second kappa shape index (κ2) is 9.55. The van der Waals surface area contributed by atoms with E-state index in [1.165, 1.54) is 5.56 Å². The van der Waals surface area contributed by atoms with Crippen LogP contribution in [-0.2, 0) is 6.42 Å². The molecule has 6 nitrogen and oxygen atoms in total. The van der Waals surface area contributed by atoms with Crippen LogP contribution in [0.1, 0.15) is 32.4 Å². The molecular weight excluding hydrogens is 408 g/mol. The first kappa shape index (κ1) is 22.7. The molecule has 0 aliphatic rings. The summed E-state index contributed by atoms with van der Waals surface area (Å²) in [5.41, 5.74) is 17.7. The smallest absolute Gasteiger partial charge is 0.161 e. The first-order valence-corrected chi connectivity index (χ1v) is 11.5. The monoisotopic (exact) mass is 440 g/mol. The number of allylic oxidation sites excluding steroid dienone is 1. The van der Waals surface area contributed by atoms with E-state index in [4.69, 9.17) is 21.4 Å². The van der Waals surface area contributed by atoms with Crippen molar-refractivity contribution in [1.29, 1.82) is 0 Å². The number of aromatic nitrogens is 4. The minimum absolute atomic E-state index is 0.115. The summed E-state index contributed by atoms with van der Waals surface area (Å²) in [7, 11) is 0. The standard InChI is InChI=1S/C27H32N6/c1-5-17(2)18(3)19(4)33-26(22-10-7-15-30-25(22)29)32-24-12-11-23(31-27(24)33)21-9-6-8-20(16-21)13-14-28/h5-12,15-19H,1,13-14,28H2,2-4H3,(H2,29,30)/t17?,18-,19+/m1/s1.